The second-order valence-electron chi connectivity index (χ2n) is 14.2. The summed E-state index contributed by atoms with van der Waals surface area (Å²) < 4.78 is 49.2. The van der Waals surface area contributed by atoms with Gasteiger partial charge in [0.05, 0.1) is 25.3 Å². The molecule has 4 aliphatic rings. The lowest BCUT2D eigenvalue weighted by atomic mass is 9.88. The quantitative estimate of drug-likeness (QED) is 0.239. The van der Waals surface area contributed by atoms with Gasteiger partial charge in [-0.25, -0.2) is 4.90 Å². The van der Waals surface area contributed by atoms with Gasteiger partial charge in [-0.15, -0.1) is 0 Å². The number of ether oxygens (including phenoxy) is 2. The van der Waals surface area contributed by atoms with E-state index in [9.17, 15) is 27.6 Å². The maximum Gasteiger partial charge on any atom is 0.416 e. The monoisotopic (exact) mass is 745 g/mol. The number of hydrogen-bond acceptors (Lipinski definition) is 8. The number of alkyl halides is 3. The van der Waals surface area contributed by atoms with Crippen molar-refractivity contribution < 1.29 is 37.0 Å². The molecule has 0 saturated heterocycles. The molecule has 286 valence electrons. The molecule has 0 radical (unpaired) electrons. The fraction of sp³-hybridized carbons (Fsp3) is 0.439. The fourth-order valence-electron chi connectivity index (χ4n) is 7.63. The average molecular weight is 746 g/mol. The number of hydrogen-bond donors (Lipinski definition) is 2. The van der Waals surface area contributed by atoms with Crippen LogP contribution in [0, 0.1) is 0 Å². The van der Waals surface area contributed by atoms with Gasteiger partial charge in [0.25, 0.3) is 17.7 Å². The Hall–Kier alpha value is -4.88. The first-order chi connectivity index (χ1) is 26.0. The number of carbonyl (C=O) groups is 3. The van der Waals surface area contributed by atoms with Crippen molar-refractivity contribution in [3.63, 3.8) is 0 Å². The summed E-state index contributed by atoms with van der Waals surface area (Å²) in [5.41, 5.74) is 2.45. The number of anilines is 1. The number of benzene rings is 3. The Labute approximate surface area is 313 Å². The highest BCUT2D eigenvalue weighted by molar-refractivity contribution is 6.49. The van der Waals surface area contributed by atoms with E-state index in [2.05, 4.69) is 10.6 Å². The van der Waals surface area contributed by atoms with Gasteiger partial charge in [0.1, 0.15) is 22.7 Å². The summed E-state index contributed by atoms with van der Waals surface area (Å²) in [7, 11) is 3.28. The van der Waals surface area contributed by atoms with Crippen LogP contribution in [0.4, 0.5) is 18.9 Å². The van der Waals surface area contributed by atoms with E-state index in [0.29, 0.717) is 37.3 Å². The highest BCUT2D eigenvalue weighted by atomic mass is 19.4. The number of nitrogens with one attached hydrogen (secondary N) is 2. The third-order valence-corrected chi connectivity index (χ3v) is 10.3. The number of rotatable bonds is 9. The summed E-state index contributed by atoms with van der Waals surface area (Å²) >= 11 is 0. The van der Waals surface area contributed by atoms with Crippen molar-refractivity contribution in [3.8, 4) is 0 Å². The van der Waals surface area contributed by atoms with Crippen molar-refractivity contribution in [1.29, 1.82) is 0 Å². The predicted octanol–water partition coefficient (Wildman–Crippen LogP) is 7.19. The van der Waals surface area contributed by atoms with E-state index in [4.69, 9.17) is 19.5 Å². The average Bonchev–Trinajstić information content (AvgIpc) is 3.63. The number of methoxy groups -OCH3 is 2. The van der Waals surface area contributed by atoms with Crippen LogP contribution in [0.3, 0.4) is 0 Å². The molecule has 0 unspecified atom stereocenters. The van der Waals surface area contributed by atoms with Crippen LogP contribution in [0.25, 0.3) is 0 Å². The maximum atomic E-state index is 13.4. The van der Waals surface area contributed by atoms with Crippen LogP contribution in [0.2, 0.25) is 0 Å². The number of imide groups is 1. The smallest absolute Gasteiger partial charge is 0.380 e. The van der Waals surface area contributed by atoms with Gasteiger partial charge in [-0.3, -0.25) is 24.4 Å². The largest absolute Gasteiger partial charge is 0.416 e. The molecular weight excluding hydrogens is 699 g/mol. The lowest BCUT2D eigenvalue weighted by Crippen LogP contribution is -2.53. The first-order valence-electron chi connectivity index (χ1n) is 18.4. The number of amides is 3. The van der Waals surface area contributed by atoms with E-state index in [1.54, 1.807) is 26.4 Å². The zero-order valence-electron chi connectivity index (χ0n) is 30.6. The molecule has 2 aliphatic carbocycles. The summed E-state index contributed by atoms with van der Waals surface area (Å²) in [6.45, 7) is 0.712. The molecule has 3 aromatic carbocycles. The standard InChI is InChI=1S/C25H26F3N3O3.C16H20N2O2/c1-34-16-17-8-10-18(11-9-17)22-23(33)31(24(30-22)12-3-2-4-13-24)21(32)15-29-20-7-5-6-19(14-20)25(26,27)28;1-20-11-12-5-7-13(8-6-12)14-15(19)18-16(17-14)9-3-2-4-10-16/h5-11,14,29H,2-4,12-13,15-16H2,1H3;5-8H,2-4,9-11H2,1H3,(H,18,19). The zero-order valence-corrected chi connectivity index (χ0v) is 30.6. The first kappa shape index (κ1) is 38.8. The molecule has 7 rings (SSSR count). The molecule has 2 heterocycles. The van der Waals surface area contributed by atoms with Crippen LogP contribution >= 0.6 is 0 Å². The van der Waals surface area contributed by atoms with Crippen LogP contribution in [-0.2, 0) is 43.2 Å². The molecule has 10 nitrogen and oxygen atoms in total. The second-order valence-corrected chi connectivity index (χ2v) is 14.2. The predicted molar refractivity (Wildman–Crippen MR) is 199 cm³/mol. The minimum absolute atomic E-state index is 0.0357. The van der Waals surface area contributed by atoms with Gasteiger partial charge in [-0.1, -0.05) is 67.4 Å². The van der Waals surface area contributed by atoms with Crippen LogP contribution in [0.5, 0.6) is 0 Å². The van der Waals surface area contributed by atoms with Gasteiger partial charge in [0.2, 0.25) is 0 Å². The second kappa shape index (κ2) is 16.6. The van der Waals surface area contributed by atoms with Crippen LogP contribution in [0.1, 0.15) is 92.0 Å². The van der Waals surface area contributed by atoms with Crippen LogP contribution in [0.15, 0.2) is 82.8 Å². The van der Waals surface area contributed by atoms with Gasteiger partial charge < -0.3 is 20.1 Å². The Morgan fingerprint density at radius 3 is 1.89 bits per heavy atom. The maximum absolute atomic E-state index is 13.4. The van der Waals surface area contributed by atoms with E-state index in [1.165, 1.54) is 23.5 Å². The fourth-order valence-corrected chi connectivity index (χ4v) is 7.63. The number of halogens is 3. The minimum Gasteiger partial charge on any atom is -0.380 e. The SMILES string of the molecule is COCc1ccc(C2=NC3(CCCCC3)N(C(=O)CNc3cccc(C(F)(F)F)c3)C2=O)cc1.COCc1ccc(C2=NC3(CCCCC3)NC2=O)cc1. The lowest BCUT2D eigenvalue weighted by Gasteiger charge is -2.37. The number of aliphatic imine (C=N–C) groups is 2. The van der Waals surface area contributed by atoms with Gasteiger partial charge in [-0.05, 0) is 80.7 Å². The molecule has 3 aromatic rings. The van der Waals surface area contributed by atoms with E-state index in [-0.39, 0.29) is 29.5 Å². The van der Waals surface area contributed by atoms with Crippen molar-refractivity contribution in [2.75, 3.05) is 26.1 Å². The molecule has 0 aromatic heterocycles. The van der Waals surface area contributed by atoms with E-state index in [1.807, 2.05) is 36.4 Å². The normalized spacial score (nSPS) is 18.9. The van der Waals surface area contributed by atoms with Crippen molar-refractivity contribution in [1.82, 2.24) is 10.2 Å². The van der Waals surface area contributed by atoms with Crippen molar-refractivity contribution in [2.24, 2.45) is 9.98 Å². The topological polar surface area (TPSA) is 122 Å². The van der Waals surface area contributed by atoms with Gasteiger partial charge in [-0.2, -0.15) is 13.2 Å². The van der Waals surface area contributed by atoms with Crippen LogP contribution < -0.4 is 10.6 Å². The molecule has 13 heteroatoms. The minimum atomic E-state index is -4.49. The van der Waals surface area contributed by atoms with Crippen molar-refractivity contribution in [2.45, 2.75) is 94.9 Å². The summed E-state index contributed by atoms with van der Waals surface area (Å²) in [5, 5.41) is 5.83. The van der Waals surface area contributed by atoms with Gasteiger partial charge in [0, 0.05) is 31.0 Å². The number of carbonyl (C=O) groups excluding carboxylic acids is 3. The highest BCUT2D eigenvalue weighted by Gasteiger charge is 2.50. The number of nitrogens with zero attached hydrogens (tertiary/aromatic N) is 3. The molecule has 2 N–H and O–H groups in total. The van der Waals surface area contributed by atoms with E-state index in [0.717, 1.165) is 73.8 Å². The Morgan fingerprint density at radius 1 is 0.778 bits per heavy atom. The molecule has 3 amide bonds. The van der Waals surface area contributed by atoms with E-state index < -0.39 is 29.2 Å². The molecule has 2 spiro atoms. The molecule has 2 saturated carbocycles. The molecule has 2 fully saturated rings. The molecule has 0 atom stereocenters. The Kier molecular flexibility index (Phi) is 12.0. The van der Waals surface area contributed by atoms with Crippen molar-refractivity contribution in [3.05, 3.63) is 101 Å². The molecular formula is C41H46F3N5O5. The third kappa shape index (κ3) is 8.73. The summed E-state index contributed by atoms with van der Waals surface area (Å²) in [6, 6.07) is 19.8. The van der Waals surface area contributed by atoms with Gasteiger partial charge in [0.15, 0.2) is 0 Å². The first-order valence-corrected chi connectivity index (χ1v) is 18.4. The molecule has 2 aliphatic heterocycles. The molecule has 0 bridgehead atoms. The Bertz CT molecular complexity index is 1880. The summed E-state index contributed by atoms with van der Waals surface area (Å²) in [5.74, 6) is -1.03. The highest BCUT2D eigenvalue weighted by Crippen LogP contribution is 2.40. The Balaban J connectivity index is 0.000000210. The van der Waals surface area contributed by atoms with Crippen LogP contribution in [-0.4, -0.2) is 66.1 Å². The third-order valence-electron chi connectivity index (χ3n) is 10.3. The zero-order chi connectivity index (χ0) is 38.3. The molecule has 54 heavy (non-hydrogen) atoms. The summed E-state index contributed by atoms with van der Waals surface area (Å²) in [6.07, 6.45) is 4.77. The lowest BCUT2D eigenvalue weighted by molar-refractivity contribution is -0.146. The summed E-state index contributed by atoms with van der Waals surface area (Å²) in [4.78, 5) is 49.5. The Morgan fingerprint density at radius 2 is 1.33 bits per heavy atom. The van der Waals surface area contributed by atoms with Gasteiger partial charge >= 0.3 is 6.18 Å². The van der Waals surface area contributed by atoms with E-state index >= 15 is 0 Å². The van der Waals surface area contributed by atoms with Crippen molar-refractivity contribution >= 4 is 34.8 Å².